The van der Waals surface area contributed by atoms with Gasteiger partial charge in [-0.05, 0) is 0 Å². The molecule has 1 fully saturated rings. The second kappa shape index (κ2) is 2.05. The van der Waals surface area contributed by atoms with Gasteiger partial charge in [0.05, 0.1) is 6.42 Å². The molecule has 50 valence electrons. The quantitative estimate of drug-likeness (QED) is 0.369. The van der Waals surface area contributed by atoms with Gasteiger partial charge in [0.15, 0.2) is 3.23 Å². The van der Waals surface area contributed by atoms with Gasteiger partial charge in [0.25, 0.3) is 0 Å². The second-order valence-electron chi connectivity index (χ2n) is 1.64. The van der Waals surface area contributed by atoms with Crippen molar-refractivity contribution in [1.29, 1.82) is 0 Å². The van der Waals surface area contributed by atoms with Gasteiger partial charge in [-0.25, -0.2) is 4.79 Å². The molecule has 0 aromatic rings. The van der Waals surface area contributed by atoms with Crippen molar-refractivity contribution in [2.24, 2.45) is 0 Å². The van der Waals surface area contributed by atoms with Crippen LogP contribution in [0.25, 0.3) is 0 Å². The van der Waals surface area contributed by atoms with Gasteiger partial charge in [-0.2, -0.15) is 0 Å². The zero-order chi connectivity index (χ0) is 7.07. The van der Waals surface area contributed by atoms with Crippen molar-refractivity contribution in [2.75, 3.05) is 0 Å². The van der Waals surface area contributed by atoms with E-state index in [0.717, 1.165) is 0 Å². The summed E-state index contributed by atoms with van der Waals surface area (Å²) in [5.74, 6) is -1.08. The van der Waals surface area contributed by atoms with Crippen LogP contribution in [-0.2, 0) is 14.3 Å². The van der Waals surface area contributed by atoms with Crippen molar-refractivity contribution in [1.82, 2.24) is 0 Å². The van der Waals surface area contributed by atoms with Crippen LogP contribution in [0, 0.1) is 0 Å². The van der Waals surface area contributed by atoms with Crippen LogP contribution in [0.3, 0.4) is 0 Å². The van der Waals surface area contributed by atoms with E-state index in [1.54, 1.807) is 0 Å². The van der Waals surface area contributed by atoms with Crippen molar-refractivity contribution < 1.29 is 14.3 Å². The zero-order valence-corrected chi connectivity index (χ0v) is 7.36. The fraction of sp³-hybridized carbons (Fsp3) is 0.500. The van der Waals surface area contributed by atoms with Gasteiger partial charge in [-0.15, -0.1) is 0 Å². The molecule has 0 amide bonds. The summed E-state index contributed by atoms with van der Waals surface area (Å²) in [4.78, 5) is 20.9. The lowest BCUT2D eigenvalue weighted by atomic mass is 10.4. The molecule has 1 aliphatic heterocycles. The number of ether oxygens (including phenoxy) is 1. The number of carbonyl (C=O) groups excluding carboxylic acids is 2. The van der Waals surface area contributed by atoms with Crippen LogP contribution in [0.4, 0.5) is 0 Å². The molecule has 0 aromatic heterocycles. The van der Waals surface area contributed by atoms with Gasteiger partial charge in [0, 0.05) is 0 Å². The molecule has 0 saturated carbocycles. The van der Waals surface area contributed by atoms with E-state index in [1.807, 2.05) is 0 Å². The number of cyclic esters (lactones) is 2. The predicted octanol–water partition coefficient (Wildman–Crippen LogP) is 0.946. The predicted molar refractivity (Wildman–Crippen MR) is 36.3 cm³/mol. The molecule has 0 atom stereocenters. The summed E-state index contributed by atoms with van der Waals surface area (Å²) in [6.07, 6.45) is 0.0475. The molecule has 0 unspecified atom stereocenters. The first-order chi connectivity index (χ1) is 4.02. The number of hydrogen-bond acceptors (Lipinski definition) is 3. The average Bonchev–Trinajstić information content (AvgIpc) is 1.79. The largest absolute Gasteiger partial charge is 0.391 e. The summed E-state index contributed by atoms with van der Waals surface area (Å²) < 4.78 is 3.24. The summed E-state index contributed by atoms with van der Waals surface area (Å²) in [6.45, 7) is 0. The Hall–Kier alpha value is 0.1000. The maximum absolute atomic E-state index is 10.6. The van der Waals surface area contributed by atoms with Gasteiger partial charge in [-0.1, -0.05) is 31.9 Å². The molecule has 5 heteroatoms. The van der Waals surface area contributed by atoms with Gasteiger partial charge in [0.2, 0.25) is 0 Å². The van der Waals surface area contributed by atoms with Gasteiger partial charge < -0.3 is 4.74 Å². The van der Waals surface area contributed by atoms with Crippen LogP contribution < -0.4 is 0 Å². The maximum atomic E-state index is 10.6. The normalized spacial score (nSPS) is 24.2. The maximum Gasteiger partial charge on any atom is 0.342 e. The number of esters is 2. The molecular formula is C4H2Br2O3. The first kappa shape index (κ1) is 7.21. The lowest BCUT2D eigenvalue weighted by Crippen LogP contribution is -2.16. The minimum atomic E-state index is -0.961. The molecule has 0 radical (unpaired) electrons. The summed E-state index contributed by atoms with van der Waals surface area (Å²) >= 11 is 5.94. The van der Waals surface area contributed by atoms with Crippen molar-refractivity contribution in [3.05, 3.63) is 0 Å². The zero-order valence-electron chi connectivity index (χ0n) is 4.19. The summed E-state index contributed by atoms with van der Waals surface area (Å²) in [5.41, 5.74) is 0. The lowest BCUT2D eigenvalue weighted by molar-refractivity contribution is -0.151. The highest BCUT2D eigenvalue weighted by Gasteiger charge is 2.45. The highest BCUT2D eigenvalue weighted by Crippen LogP contribution is 2.36. The third-order valence-corrected chi connectivity index (χ3v) is 2.08. The van der Waals surface area contributed by atoms with Gasteiger partial charge in [0.1, 0.15) is 0 Å². The monoisotopic (exact) mass is 256 g/mol. The van der Waals surface area contributed by atoms with Gasteiger partial charge in [-0.3, -0.25) is 4.79 Å². The number of halogens is 2. The molecule has 9 heavy (non-hydrogen) atoms. The van der Waals surface area contributed by atoms with E-state index in [9.17, 15) is 9.59 Å². The van der Waals surface area contributed by atoms with Crippen LogP contribution in [0.1, 0.15) is 6.42 Å². The smallest absolute Gasteiger partial charge is 0.342 e. The molecule has 1 saturated heterocycles. The molecule has 0 aliphatic carbocycles. The minimum absolute atomic E-state index is 0.0475. The summed E-state index contributed by atoms with van der Waals surface area (Å²) in [5, 5.41) is 0. The molecule has 0 N–H and O–H groups in total. The number of hydrogen-bond donors (Lipinski definition) is 0. The van der Waals surface area contributed by atoms with E-state index in [1.165, 1.54) is 0 Å². The Labute approximate surface area is 68.0 Å². The molecule has 0 bridgehead atoms. The Morgan fingerprint density at radius 2 is 2.00 bits per heavy atom. The molecule has 0 spiro atoms. The molecule has 1 aliphatic rings. The number of rotatable bonds is 0. The Morgan fingerprint density at radius 1 is 1.44 bits per heavy atom. The molecular weight excluding hydrogens is 256 g/mol. The third-order valence-electron chi connectivity index (χ3n) is 0.872. The number of alkyl halides is 2. The Kier molecular flexibility index (Phi) is 1.65. The van der Waals surface area contributed by atoms with E-state index in [0.29, 0.717) is 0 Å². The van der Waals surface area contributed by atoms with Crippen LogP contribution in [0.2, 0.25) is 0 Å². The molecule has 1 heterocycles. The Bertz CT molecular complexity index is 175. The molecule has 1 rings (SSSR count). The summed E-state index contributed by atoms with van der Waals surface area (Å²) in [6, 6.07) is 0. The van der Waals surface area contributed by atoms with Crippen molar-refractivity contribution in [3.8, 4) is 0 Å². The van der Waals surface area contributed by atoms with Crippen molar-refractivity contribution >= 4 is 43.8 Å². The SMILES string of the molecule is O=C1CC(Br)(Br)C(=O)O1. The molecule has 0 aromatic carbocycles. The van der Waals surface area contributed by atoms with E-state index < -0.39 is 15.2 Å². The Morgan fingerprint density at radius 3 is 2.11 bits per heavy atom. The fourth-order valence-corrected chi connectivity index (χ4v) is 1.09. The fourth-order valence-electron chi connectivity index (χ4n) is 0.468. The van der Waals surface area contributed by atoms with E-state index in [4.69, 9.17) is 0 Å². The second-order valence-corrected chi connectivity index (χ2v) is 5.41. The van der Waals surface area contributed by atoms with Crippen LogP contribution in [-0.4, -0.2) is 15.2 Å². The van der Waals surface area contributed by atoms with E-state index in [-0.39, 0.29) is 6.42 Å². The first-order valence-corrected chi connectivity index (χ1v) is 3.74. The van der Waals surface area contributed by atoms with Crippen molar-refractivity contribution in [2.45, 2.75) is 9.65 Å². The Balaban J connectivity index is 2.81. The van der Waals surface area contributed by atoms with Gasteiger partial charge >= 0.3 is 11.9 Å². The van der Waals surface area contributed by atoms with Crippen LogP contribution in [0.15, 0.2) is 0 Å². The highest BCUT2D eigenvalue weighted by molar-refractivity contribution is 9.26. The summed E-state index contributed by atoms with van der Waals surface area (Å²) in [7, 11) is 0. The lowest BCUT2D eigenvalue weighted by Gasteiger charge is -2.01. The average molecular weight is 258 g/mol. The highest BCUT2D eigenvalue weighted by atomic mass is 79.9. The topological polar surface area (TPSA) is 43.4 Å². The number of carbonyl (C=O) groups is 2. The third kappa shape index (κ3) is 1.32. The molecule has 3 nitrogen and oxygen atoms in total. The van der Waals surface area contributed by atoms with Crippen LogP contribution >= 0.6 is 31.9 Å². The van der Waals surface area contributed by atoms with Crippen LogP contribution in [0.5, 0.6) is 0 Å². The van der Waals surface area contributed by atoms with Crippen molar-refractivity contribution in [3.63, 3.8) is 0 Å². The van der Waals surface area contributed by atoms with E-state index >= 15 is 0 Å². The standard InChI is InChI=1S/C4H2Br2O3/c5-4(6)1-2(7)9-3(4)8/h1H2. The van der Waals surface area contributed by atoms with E-state index in [2.05, 4.69) is 36.6 Å². The minimum Gasteiger partial charge on any atom is -0.391 e. The first-order valence-electron chi connectivity index (χ1n) is 2.15.